The van der Waals surface area contributed by atoms with E-state index in [1.165, 1.54) is 16.7 Å². The molecule has 1 atom stereocenters. The Kier molecular flexibility index (Phi) is 4.71. The molecule has 0 spiro atoms. The van der Waals surface area contributed by atoms with Gasteiger partial charge in [-0.1, -0.05) is 75.0 Å². The molecular weight excluding hydrogens is 331 g/mol. The highest BCUT2D eigenvalue weighted by molar-refractivity contribution is 9.09. The Morgan fingerprint density at radius 1 is 1.06 bits per heavy atom. The molecule has 0 N–H and O–H groups in total. The van der Waals surface area contributed by atoms with Gasteiger partial charge in [0.05, 0.1) is 10.0 Å². The van der Waals surface area contributed by atoms with Gasteiger partial charge in [0.2, 0.25) is 0 Å². The van der Waals surface area contributed by atoms with Gasteiger partial charge < -0.3 is 0 Å². The second-order valence-corrected chi connectivity index (χ2v) is 6.25. The lowest BCUT2D eigenvalue weighted by molar-refractivity contribution is 0.947. The van der Waals surface area contributed by atoms with Crippen molar-refractivity contribution in [3.63, 3.8) is 0 Å². The molecule has 3 heteroatoms. The maximum Gasteiger partial charge on any atom is 0.0595 e. The maximum absolute atomic E-state index is 6.02. The van der Waals surface area contributed by atoms with Crippen molar-refractivity contribution in [1.29, 1.82) is 0 Å². The van der Waals surface area contributed by atoms with E-state index in [0.717, 1.165) is 6.42 Å². The second kappa shape index (κ2) is 6.10. The molecule has 2 rings (SSSR count). The minimum Gasteiger partial charge on any atom is -0.0835 e. The lowest BCUT2D eigenvalue weighted by Crippen LogP contribution is -1.96. The summed E-state index contributed by atoms with van der Waals surface area (Å²) in [6, 6.07) is 14.3. The predicted octanol–water partition coefficient (Wildman–Crippen LogP) is 5.98. The average molecular weight is 344 g/mol. The van der Waals surface area contributed by atoms with Crippen LogP contribution in [-0.4, -0.2) is 0 Å². The van der Waals surface area contributed by atoms with E-state index in [-0.39, 0.29) is 4.83 Å². The maximum atomic E-state index is 6.02. The van der Waals surface area contributed by atoms with Crippen molar-refractivity contribution in [2.45, 2.75) is 18.2 Å². The molecule has 0 heterocycles. The molecule has 0 aromatic heterocycles. The number of aryl methyl sites for hydroxylation is 1. The van der Waals surface area contributed by atoms with Gasteiger partial charge in [0.1, 0.15) is 0 Å². The molecule has 18 heavy (non-hydrogen) atoms. The molecule has 2 aromatic carbocycles. The molecule has 0 aliphatic carbocycles. The number of hydrogen-bond donors (Lipinski definition) is 0. The van der Waals surface area contributed by atoms with E-state index in [0.29, 0.717) is 10.0 Å². The largest absolute Gasteiger partial charge is 0.0835 e. The van der Waals surface area contributed by atoms with Gasteiger partial charge in [0.25, 0.3) is 0 Å². The minimum atomic E-state index is 0.287. The summed E-state index contributed by atoms with van der Waals surface area (Å²) >= 11 is 15.7. The van der Waals surface area contributed by atoms with E-state index in [1.54, 1.807) is 0 Å². The van der Waals surface area contributed by atoms with Crippen LogP contribution in [0, 0.1) is 6.92 Å². The van der Waals surface area contributed by atoms with Crippen molar-refractivity contribution in [2.75, 3.05) is 0 Å². The molecule has 94 valence electrons. The van der Waals surface area contributed by atoms with Crippen LogP contribution in [0.1, 0.15) is 21.5 Å². The van der Waals surface area contributed by atoms with Crippen LogP contribution in [0.5, 0.6) is 0 Å². The van der Waals surface area contributed by atoms with Crippen LogP contribution in [0.25, 0.3) is 0 Å². The van der Waals surface area contributed by atoms with Gasteiger partial charge in [0.15, 0.2) is 0 Å². The molecular formula is C15H13BrCl2. The Hall–Kier alpha value is -0.500. The Morgan fingerprint density at radius 3 is 2.50 bits per heavy atom. The van der Waals surface area contributed by atoms with Gasteiger partial charge in [-0.05, 0) is 36.6 Å². The highest BCUT2D eigenvalue weighted by atomic mass is 79.9. The molecule has 0 radical (unpaired) electrons. The average Bonchev–Trinajstić information content (AvgIpc) is 2.34. The zero-order chi connectivity index (χ0) is 13.1. The summed E-state index contributed by atoms with van der Waals surface area (Å²) in [5.74, 6) is 0. The standard InChI is InChI=1S/C15H13BrCl2/c1-10-3-2-4-12(7-10)13(16)8-11-5-6-14(17)15(18)9-11/h2-7,9,13H,8H2,1H3. The molecule has 0 bridgehead atoms. The van der Waals surface area contributed by atoms with Crippen molar-refractivity contribution in [1.82, 2.24) is 0 Å². The summed E-state index contributed by atoms with van der Waals surface area (Å²) < 4.78 is 0. The van der Waals surface area contributed by atoms with Gasteiger partial charge in [-0.3, -0.25) is 0 Å². The van der Waals surface area contributed by atoms with Gasteiger partial charge in [-0.25, -0.2) is 0 Å². The SMILES string of the molecule is Cc1cccc(C(Br)Cc2ccc(Cl)c(Cl)c2)c1. The monoisotopic (exact) mass is 342 g/mol. The van der Waals surface area contributed by atoms with Crippen LogP contribution in [0.4, 0.5) is 0 Å². The molecule has 2 aromatic rings. The number of rotatable bonds is 3. The molecule has 1 unspecified atom stereocenters. The van der Waals surface area contributed by atoms with E-state index < -0.39 is 0 Å². The van der Waals surface area contributed by atoms with Crippen LogP contribution in [-0.2, 0) is 6.42 Å². The van der Waals surface area contributed by atoms with Crippen LogP contribution in [0.15, 0.2) is 42.5 Å². The number of benzene rings is 2. The quantitative estimate of drug-likeness (QED) is 0.601. The lowest BCUT2D eigenvalue weighted by Gasteiger charge is -2.11. The highest BCUT2D eigenvalue weighted by Crippen LogP contribution is 2.30. The molecule has 0 fully saturated rings. The first kappa shape index (κ1) is 13.9. The minimum absolute atomic E-state index is 0.287. The molecule has 0 amide bonds. The highest BCUT2D eigenvalue weighted by Gasteiger charge is 2.09. The predicted molar refractivity (Wildman–Crippen MR) is 83.0 cm³/mol. The van der Waals surface area contributed by atoms with Crippen molar-refractivity contribution in [2.24, 2.45) is 0 Å². The van der Waals surface area contributed by atoms with E-state index in [9.17, 15) is 0 Å². The molecule has 0 aliphatic rings. The van der Waals surface area contributed by atoms with Gasteiger partial charge in [-0.15, -0.1) is 0 Å². The Morgan fingerprint density at radius 2 is 1.83 bits per heavy atom. The van der Waals surface area contributed by atoms with Crippen LogP contribution >= 0.6 is 39.1 Å². The smallest absolute Gasteiger partial charge is 0.0595 e. The summed E-state index contributed by atoms with van der Waals surface area (Å²) in [4.78, 5) is 0.287. The first-order valence-corrected chi connectivity index (χ1v) is 7.38. The lowest BCUT2D eigenvalue weighted by atomic mass is 10.0. The summed E-state index contributed by atoms with van der Waals surface area (Å²) in [5.41, 5.74) is 3.72. The molecule has 0 nitrogen and oxygen atoms in total. The van der Waals surface area contributed by atoms with Crippen molar-refractivity contribution < 1.29 is 0 Å². The summed E-state index contributed by atoms with van der Waals surface area (Å²) in [7, 11) is 0. The third-order valence-electron chi connectivity index (χ3n) is 2.80. The Balaban J connectivity index is 2.16. The van der Waals surface area contributed by atoms with Gasteiger partial charge in [-0.2, -0.15) is 0 Å². The Labute approximate surface area is 126 Å². The van der Waals surface area contributed by atoms with E-state index in [2.05, 4.69) is 47.1 Å². The van der Waals surface area contributed by atoms with Gasteiger partial charge >= 0.3 is 0 Å². The van der Waals surface area contributed by atoms with Crippen LogP contribution in [0.3, 0.4) is 0 Å². The fourth-order valence-corrected chi connectivity index (χ4v) is 2.84. The van der Waals surface area contributed by atoms with Crippen molar-refractivity contribution in [3.8, 4) is 0 Å². The molecule has 0 saturated carbocycles. The van der Waals surface area contributed by atoms with Crippen LogP contribution in [0.2, 0.25) is 10.0 Å². The number of alkyl halides is 1. The van der Waals surface area contributed by atoms with E-state index in [1.807, 2.05) is 18.2 Å². The third-order valence-corrected chi connectivity index (χ3v) is 4.39. The van der Waals surface area contributed by atoms with Crippen LogP contribution < -0.4 is 0 Å². The molecule has 0 aliphatic heterocycles. The van der Waals surface area contributed by atoms with Gasteiger partial charge in [0, 0.05) is 4.83 Å². The van der Waals surface area contributed by atoms with Crippen molar-refractivity contribution >= 4 is 39.1 Å². The first-order chi connectivity index (χ1) is 8.56. The number of hydrogen-bond acceptors (Lipinski definition) is 0. The fraction of sp³-hybridized carbons (Fsp3) is 0.200. The zero-order valence-corrected chi connectivity index (χ0v) is 13.1. The normalized spacial score (nSPS) is 12.4. The first-order valence-electron chi connectivity index (χ1n) is 5.71. The number of halogens is 3. The summed E-state index contributed by atoms with van der Waals surface area (Å²) in [6.45, 7) is 2.10. The third kappa shape index (κ3) is 3.50. The summed E-state index contributed by atoms with van der Waals surface area (Å²) in [6.07, 6.45) is 0.889. The van der Waals surface area contributed by atoms with E-state index in [4.69, 9.17) is 23.2 Å². The summed E-state index contributed by atoms with van der Waals surface area (Å²) in [5, 5.41) is 1.21. The van der Waals surface area contributed by atoms with Crippen molar-refractivity contribution in [3.05, 3.63) is 69.2 Å². The second-order valence-electron chi connectivity index (χ2n) is 4.33. The topological polar surface area (TPSA) is 0 Å². The fourth-order valence-electron chi connectivity index (χ4n) is 1.86. The van der Waals surface area contributed by atoms with E-state index >= 15 is 0 Å². The molecule has 0 saturated heterocycles. The Bertz CT molecular complexity index is 552. The zero-order valence-electron chi connectivity index (χ0n) is 9.96.